The average Bonchev–Trinajstić information content (AvgIpc) is 3.52. The number of hydrogen-bond donors (Lipinski definition) is 0. The predicted molar refractivity (Wildman–Crippen MR) is 153 cm³/mol. The normalized spacial score (nSPS) is 11.0. The molecule has 3 aromatic carbocycles. The molecule has 0 atom stereocenters. The van der Waals surface area contributed by atoms with E-state index >= 15 is 0 Å². The van der Waals surface area contributed by atoms with Gasteiger partial charge in [0.25, 0.3) is 5.22 Å². The average molecular weight is 523 g/mol. The Balaban J connectivity index is 1.30. The molecule has 0 bridgehead atoms. The fraction of sp³-hybridized carbons (Fsp3) is 0.188. The second kappa shape index (κ2) is 11.6. The summed E-state index contributed by atoms with van der Waals surface area (Å²) in [7, 11) is 1.67. The molecular weight excluding hydrogens is 492 g/mol. The number of rotatable bonds is 10. The third kappa shape index (κ3) is 5.60. The molecular formula is C32H30N2O3S. The molecule has 0 saturated carbocycles. The topological polar surface area (TPSA) is 57.3 Å². The van der Waals surface area contributed by atoms with Gasteiger partial charge in [0, 0.05) is 34.6 Å². The van der Waals surface area contributed by atoms with E-state index in [1.165, 1.54) is 17.3 Å². The number of carbonyl (C=O) groups is 1. The highest BCUT2D eigenvalue weighted by Gasteiger charge is 2.20. The summed E-state index contributed by atoms with van der Waals surface area (Å²) >= 11 is 1.34. The van der Waals surface area contributed by atoms with Crippen LogP contribution in [0.15, 0.2) is 101 Å². The summed E-state index contributed by atoms with van der Waals surface area (Å²) in [5, 5.41) is 0.490. The van der Waals surface area contributed by atoms with Gasteiger partial charge in [0.05, 0.1) is 12.9 Å². The van der Waals surface area contributed by atoms with Crippen LogP contribution >= 0.6 is 11.8 Å². The SMILES string of the molecule is COc1ccc(CCn2c(C)cc(C(=O)CSc3nc(-c4ccccc4)c(-c4ccccc4)o3)c2C)cc1. The van der Waals surface area contributed by atoms with Crippen LogP contribution in [0, 0.1) is 13.8 Å². The van der Waals surface area contributed by atoms with Gasteiger partial charge in [-0.1, -0.05) is 84.6 Å². The number of ether oxygens (including phenoxy) is 1. The molecule has 0 aliphatic rings. The van der Waals surface area contributed by atoms with Crippen LogP contribution < -0.4 is 4.74 Å². The molecule has 5 aromatic rings. The van der Waals surface area contributed by atoms with Crippen molar-refractivity contribution in [2.45, 2.75) is 32.0 Å². The van der Waals surface area contributed by atoms with E-state index < -0.39 is 0 Å². The van der Waals surface area contributed by atoms with E-state index in [1.54, 1.807) is 7.11 Å². The summed E-state index contributed by atoms with van der Waals surface area (Å²) in [5.74, 6) is 1.89. The number of hydrogen-bond acceptors (Lipinski definition) is 5. The Morgan fingerprint density at radius 2 is 1.58 bits per heavy atom. The van der Waals surface area contributed by atoms with Crippen LogP contribution in [0.1, 0.15) is 27.3 Å². The molecule has 192 valence electrons. The van der Waals surface area contributed by atoms with Crippen LogP contribution in [0.2, 0.25) is 0 Å². The van der Waals surface area contributed by atoms with Crippen LogP contribution in [0.5, 0.6) is 5.75 Å². The number of thioether (sulfide) groups is 1. The number of oxazole rings is 1. The fourth-order valence-corrected chi connectivity index (χ4v) is 5.31. The number of nitrogens with zero attached hydrogens (tertiary/aromatic N) is 2. The molecule has 5 rings (SSSR count). The molecule has 0 unspecified atom stereocenters. The lowest BCUT2D eigenvalue weighted by molar-refractivity contribution is 0.102. The summed E-state index contributed by atoms with van der Waals surface area (Å²) in [6, 6.07) is 30.1. The Morgan fingerprint density at radius 1 is 0.921 bits per heavy atom. The lowest BCUT2D eigenvalue weighted by Gasteiger charge is -2.10. The van der Waals surface area contributed by atoms with Gasteiger partial charge in [0.1, 0.15) is 11.4 Å². The first-order valence-corrected chi connectivity index (χ1v) is 13.6. The van der Waals surface area contributed by atoms with Gasteiger partial charge in [0.15, 0.2) is 11.5 Å². The zero-order valence-corrected chi connectivity index (χ0v) is 22.6. The van der Waals surface area contributed by atoms with Crippen molar-refractivity contribution in [3.8, 4) is 28.3 Å². The summed E-state index contributed by atoms with van der Waals surface area (Å²) in [6.45, 7) is 4.88. The largest absolute Gasteiger partial charge is 0.497 e. The van der Waals surface area contributed by atoms with E-state index in [1.807, 2.05) is 85.8 Å². The lowest BCUT2D eigenvalue weighted by Crippen LogP contribution is -2.08. The summed E-state index contributed by atoms with van der Waals surface area (Å²) < 4.78 is 13.7. The third-order valence-corrected chi connectivity index (χ3v) is 7.50. The van der Waals surface area contributed by atoms with E-state index in [2.05, 4.69) is 23.6 Å². The summed E-state index contributed by atoms with van der Waals surface area (Å²) in [5.41, 5.74) is 6.77. The first-order valence-electron chi connectivity index (χ1n) is 12.6. The number of aromatic nitrogens is 2. The molecule has 38 heavy (non-hydrogen) atoms. The Hall–Kier alpha value is -4.03. The maximum absolute atomic E-state index is 13.3. The maximum Gasteiger partial charge on any atom is 0.257 e. The standard InChI is InChI=1S/C32H30N2O3S/c1-22-20-28(23(2)34(22)19-18-24-14-16-27(36-3)17-15-24)29(35)21-38-32-33-30(25-10-6-4-7-11-25)31(37-32)26-12-8-5-9-13-26/h4-17,20H,18-19,21H2,1-3H3. The summed E-state index contributed by atoms with van der Waals surface area (Å²) in [6.07, 6.45) is 0.879. The first-order chi connectivity index (χ1) is 18.5. The number of aryl methyl sites for hydroxylation is 2. The Labute approximate surface area is 227 Å². The van der Waals surface area contributed by atoms with E-state index in [0.29, 0.717) is 11.0 Å². The van der Waals surface area contributed by atoms with Gasteiger partial charge in [-0.15, -0.1) is 0 Å². The van der Waals surface area contributed by atoms with Gasteiger partial charge in [-0.3, -0.25) is 4.79 Å². The van der Waals surface area contributed by atoms with Crippen molar-refractivity contribution in [3.05, 3.63) is 114 Å². The van der Waals surface area contributed by atoms with Crippen molar-refractivity contribution < 1.29 is 13.9 Å². The highest BCUT2D eigenvalue weighted by molar-refractivity contribution is 7.99. The molecule has 0 amide bonds. The number of carbonyl (C=O) groups excluding carboxylic acids is 1. The van der Waals surface area contributed by atoms with Crippen LogP contribution in [0.4, 0.5) is 0 Å². The summed E-state index contributed by atoms with van der Waals surface area (Å²) in [4.78, 5) is 18.0. The molecule has 6 heteroatoms. The molecule has 0 spiro atoms. The van der Waals surface area contributed by atoms with E-state index in [0.717, 1.165) is 52.5 Å². The predicted octanol–water partition coefficient (Wildman–Crippen LogP) is 7.65. The van der Waals surface area contributed by atoms with Crippen LogP contribution in [-0.2, 0) is 13.0 Å². The minimum Gasteiger partial charge on any atom is -0.497 e. The molecule has 0 saturated heterocycles. The quantitative estimate of drug-likeness (QED) is 0.139. The molecule has 0 aliphatic heterocycles. The van der Waals surface area contributed by atoms with Crippen molar-refractivity contribution in [3.63, 3.8) is 0 Å². The fourth-order valence-electron chi connectivity index (χ4n) is 4.60. The number of benzene rings is 3. The smallest absolute Gasteiger partial charge is 0.257 e. The zero-order chi connectivity index (χ0) is 26.5. The highest BCUT2D eigenvalue weighted by Crippen LogP contribution is 2.35. The Morgan fingerprint density at radius 3 is 2.24 bits per heavy atom. The maximum atomic E-state index is 13.3. The van der Waals surface area contributed by atoms with E-state index in [9.17, 15) is 4.79 Å². The van der Waals surface area contributed by atoms with Crippen molar-refractivity contribution >= 4 is 17.5 Å². The van der Waals surface area contributed by atoms with Gasteiger partial charge < -0.3 is 13.7 Å². The van der Waals surface area contributed by atoms with Crippen molar-refractivity contribution in [1.29, 1.82) is 0 Å². The minimum atomic E-state index is 0.0690. The van der Waals surface area contributed by atoms with Crippen molar-refractivity contribution in [2.75, 3.05) is 12.9 Å². The molecule has 0 aliphatic carbocycles. The van der Waals surface area contributed by atoms with E-state index in [4.69, 9.17) is 14.1 Å². The van der Waals surface area contributed by atoms with Crippen molar-refractivity contribution in [2.24, 2.45) is 0 Å². The minimum absolute atomic E-state index is 0.0690. The molecule has 0 radical (unpaired) electrons. The van der Waals surface area contributed by atoms with Crippen molar-refractivity contribution in [1.82, 2.24) is 9.55 Å². The molecule has 2 heterocycles. The van der Waals surface area contributed by atoms with E-state index in [-0.39, 0.29) is 11.5 Å². The first kappa shape index (κ1) is 25.6. The van der Waals surface area contributed by atoms with Gasteiger partial charge in [-0.2, -0.15) is 0 Å². The second-order valence-electron chi connectivity index (χ2n) is 9.14. The Bertz CT molecular complexity index is 1460. The van der Waals surface area contributed by atoms with Gasteiger partial charge in [-0.25, -0.2) is 4.98 Å². The van der Waals surface area contributed by atoms with Gasteiger partial charge in [0.2, 0.25) is 0 Å². The van der Waals surface area contributed by atoms with Gasteiger partial charge in [-0.05, 0) is 44.0 Å². The zero-order valence-electron chi connectivity index (χ0n) is 21.8. The second-order valence-corrected chi connectivity index (χ2v) is 10.1. The van der Waals surface area contributed by atoms with Crippen LogP contribution in [0.25, 0.3) is 22.6 Å². The monoisotopic (exact) mass is 522 g/mol. The molecule has 0 fully saturated rings. The van der Waals surface area contributed by atoms with Crippen LogP contribution in [0.3, 0.4) is 0 Å². The number of Topliss-reactive ketones (excluding diaryl/α,β-unsaturated/α-hetero) is 1. The van der Waals surface area contributed by atoms with Gasteiger partial charge >= 0.3 is 0 Å². The van der Waals surface area contributed by atoms with Crippen LogP contribution in [-0.4, -0.2) is 28.2 Å². The molecule has 2 aromatic heterocycles. The molecule has 5 nitrogen and oxygen atoms in total. The lowest BCUT2D eigenvalue weighted by atomic mass is 10.1. The highest BCUT2D eigenvalue weighted by atomic mass is 32.2. The Kier molecular flexibility index (Phi) is 7.80. The third-order valence-electron chi connectivity index (χ3n) is 6.67. The number of ketones is 1. The number of methoxy groups -OCH3 is 1. The molecule has 0 N–H and O–H groups in total.